The average molecular weight is 260 g/mol. The molecule has 0 radical (unpaired) electrons. The first kappa shape index (κ1) is 12.5. The van der Waals surface area contributed by atoms with Crippen LogP contribution in [0.25, 0.3) is 0 Å². The summed E-state index contributed by atoms with van der Waals surface area (Å²) in [6.45, 7) is 0.883. The van der Waals surface area contributed by atoms with Gasteiger partial charge in [0.05, 0.1) is 5.84 Å². The number of nitrogens with zero attached hydrogens (tertiary/aromatic N) is 1. The smallest absolute Gasteiger partial charge is 0.171 e. The molecule has 0 amide bonds. The molecule has 3 rings (SSSR count). The summed E-state index contributed by atoms with van der Waals surface area (Å²) in [5.74, 6) is 1.67. The van der Waals surface area contributed by atoms with Crippen molar-refractivity contribution in [2.24, 2.45) is 10.9 Å². The van der Waals surface area contributed by atoms with E-state index in [4.69, 9.17) is 4.74 Å². The monoisotopic (exact) mass is 260 g/mol. The third-order valence-electron chi connectivity index (χ3n) is 3.98. The second kappa shape index (κ2) is 4.85. The highest BCUT2D eigenvalue weighted by Gasteiger charge is 2.49. The van der Waals surface area contributed by atoms with Gasteiger partial charge in [-0.3, -0.25) is 4.99 Å². The third-order valence-corrected chi connectivity index (χ3v) is 3.98. The Morgan fingerprint density at radius 3 is 2.74 bits per heavy atom. The van der Waals surface area contributed by atoms with E-state index in [-0.39, 0.29) is 5.75 Å². The SMILES string of the molecule is COC(NC1=NCCC1)(c1ccccc1O)C1CC1. The summed E-state index contributed by atoms with van der Waals surface area (Å²) in [5, 5.41) is 13.6. The number of phenols is 1. The minimum absolute atomic E-state index is 0.280. The molecule has 1 heterocycles. The van der Waals surface area contributed by atoms with E-state index < -0.39 is 5.72 Å². The van der Waals surface area contributed by atoms with Gasteiger partial charge >= 0.3 is 0 Å². The molecular formula is C15H20N2O2. The standard InChI is InChI=1S/C15H20N2O2/c1-19-15(11-8-9-11,17-14-7-4-10-16-14)12-5-2-3-6-13(12)18/h2-3,5-6,11,18H,4,7-10H2,1H3,(H,16,17). The maximum absolute atomic E-state index is 10.2. The molecule has 102 valence electrons. The number of para-hydroxylation sites is 1. The van der Waals surface area contributed by atoms with Gasteiger partial charge in [-0.05, 0) is 25.3 Å². The van der Waals surface area contributed by atoms with Gasteiger partial charge < -0.3 is 15.2 Å². The molecule has 1 atom stereocenters. The summed E-state index contributed by atoms with van der Waals surface area (Å²) in [6, 6.07) is 7.41. The summed E-state index contributed by atoms with van der Waals surface area (Å²) >= 11 is 0. The molecule has 2 N–H and O–H groups in total. The van der Waals surface area contributed by atoms with Crippen molar-refractivity contribution in [3.8, 4) is 5.75 Å². The number of rotatable bonds is 4. The summed E-state index contributed by atoms with van der Waals surface area (Å²) in [7, 11) is 1.70. The Morgan fingerprint density at radius 1 is 1.37 bits per heavy atom. The van der Waals surface area contributed by atoms with Crippen LogP contribution in [0.15, 0.2) is 29.3 Å². The van der Waals surface area contributed by atoms with E-state index in [0.717, 1.165) is 43.6 Å². The number of aliphatic imine (C=N–C) groups is 1. The van der Waals surface area contributed by atoms with E-state index in [2.05, 4.69) is 10.3 Å². The molecular weight excluding hydrogens is 240 g/mol. The summed E-state index contributed by atoms with van der Waals surface area (Å²) < 4.78 is 5.84. The molecule has 1 aliphatic heterocycles. The van der Waals surface area contributed by atoms with E-state index in [1.165, 1.54) is 0 Å². The van der Waals surface area contributed by atoms with Crippen molar-refractivity contribution in [2.75, 3.05) is 13.7 Å². The van der Waals surface area contributed by atoms with Gasteiger partial charge in [0, 0.05) is 31.6 Å². The zero-order valence-corrected chi connectivity index (χ0v) is 11.2. The zero-order valence-electron chi connectivity index (χ0n) is 11.2. The van der Waals surface area contributed by atoms with E-state index in [1.807, 2.05) is 18.2 Å². The van der Waals surface area contributed by atoms with Crippen molar-refractivity contribution in [1.29, 1.82) is 0 Å². The lowest BCUT2D eigenvalue weighted by Gasteiger charge is -2.35. The molecule has 1 aliphatic carbocycles. The largest absolute Gasteiger partial charge is 0.507 e. The minimum atomic E-state index is -0.630. The maximum Gasteiger partial charge on any atom is 0.171 e. The molecule has 19 heavy (non-hydrogen) atoms. The van der Waals surface area contributed by atoms with Crippen LogP contribution in [-0.4, -0.2) is 24.6 Å². The molecule has 0 bridgehead atoms. The van der Waals surface area contributed by atoms with Gasteiger partial charge in [-0.1, -0.05) is 18.2 Å². The van der Waals surface area contributed by atoms with Crippen molar-refractivity contribution >= 4 is 5.84 Å². The van der Waals surface area contributed by atoms with Crippen molar-refractivity contribution in [2.45, 2.75) is 31.4 Å². The Bertz CT molecular complexity index is 497. The van der Waals surface area contributed by atoms with Crippen LogP contribution in [0.3, 0.4) is 0 Å². The lowest BCUT2D eigenvalue weighted by atomic mass is 9.96. The fraction of sp³-hybridized carbons (Fsp3) is 0.533. The van der Waals surface area contributed by atoms with E-state index in [1.54, 1.807) is 13.2 Å². The van der Waals surface area contributed by atoms with Gasteiger partial charge in [-0.25, -0.2) is 0 Å². The first-order valence-electron chi connectivity index (χ1n) is 6.91. The summed E-state index contributed by atoms with van der Waals surface area (Å²) in [5.41, 5.74) is 0.184. The molecule has 2 aliphatic rings. The van der Waals surface area contributed by atoms with Gasteiger partial charge in [0.15, 0.2) is 5.72 Å². The highest BCUT2D eigenvalue weighted by atomic mass is 16.5. The van der Waals surface area contributed by atoms with Crippen molar-refractivity contribution in [3.63, 3.8) is 0 Å². The van der Waals surface area contributed by atoms with Crippen molar-refractivity contribution < 1.29 is 9.84 Å². The molecule has 1 fully saturated rings. The summed E-state index contributed by atoms with van der Waals surface area (Å²) in [4.78, 5) is 4.48. The molecule has 1 saturated carbocycles. The van der Waals surface area contributed by atoms with Crippen LogP contribution in [0.2, 0.25) is 0 Å². The highest BCUT2D eigenvalue weighted by Crippen LogP contribution is 2.48. The predicted molar refractivity (Wildman–Crippen MR) is 74.2 cm³/mol. The quantitative estimate of drug-likeness (QED) is 0.817. The van der Waals surface area contributed by atoms with E-state index >= 15 is 0 Å². The van der Waals surface area contributed by atoms with Crippen molar-refractivity contribution in [3.05, 3.63) is 29.8 Å². The molecule has 1 aromatic rings. The Morgan fingerprint density at radius 2 is 2.16 bits per heavy atom. The second-order valence-corrected chi connectivity index (χ2v) is 5.29. The van der Waals surface area contributed by atoms with Crippen LogP contribution in [-0.2, 0) is 10.5 Å². The first-order chi connectivity index (χ1) is 9.26. The molecule has 1 aromatic carbocycles. The van der Waals surface area contributed by atoms with Crippen LogP contribution in [0.1, 0.15) is 31.2 Å². The maximum atomic E-state index is 10.2. The normalized spacial score (nSPS) is 21.8. The Hall–Kier alpha value is -1.55. The van der Waals surface area contributed by atoms with Gasteiger partial charge in [0.25, 0.3) is 0 Å². The lowest BCUT2D eigenvalue weighted by Crippen LogP contribution is -2.48. The lowest BCUT2D eigenvalue weighted by molar-refractivity contribution is -0.0503. The van der Waals surface area contributed by atoms with Gasteiger partial charge in [-0.15, -0.1) is 0 Å². The number of amidine groups is 1. The fourth-order valence-electron chi connectivity index (χ4n) is 2.85. The van der Waals surface area contributed by atoms with Crippen LogP contribution >= 0.6 is 0 Å². The van der Waals surface area contributed by atoms with Crippen LogP contribution < -0.4 is 5.32 Å². The van der Waals surface area contributed by atoms with E-state index in [9.17, 15) is 5.11 Å². The predicted octanol–water partition coefficient (Wildman–Crippen LogP) is 2.38. The zero-order chi connectivity index (χ0) is 13.3. The van der Waals surface area contributed by atoms with Crippen LogP contribution in [0.4, 0.5) is 0 Å². The Kier molecular flexibility index (Phi) is 3.19. The molecule has 0 saturated heterocycles. The number of hydrogen-bond acceptors (Lipinski definition) is 4. The topological polar surface area (TPSA) is 53.8 Å². The number of methoxy groups -OCH3 is 1. The number of aromatic hydroxyl groups is 1. The van der Waals surface area contributed by atoms with Crippen LogP contribution in [0.5, 0.6) is 5.75 Å². The minimum Gasteiger partial charge on any atom is -0.507 e. The molecule has 0 spiro atoms. The van der Waals surface area contributed by atoms with Crippen molar-refractivity contribution in [1.82, 2.24) is 5.32 Å². The van der Waals surface area contributed by atoms with Gasteiger partial charge in [0.1, 0.15) is 5.75 Å². The van der Waals surface area contributed by atoms with Gasteiger partial charge in [-0.2, -0.15) is 0 Å². The fourth-order valence-corrected chi connectivity index (χ4v) is 2.85. The Labute approximate surface area is 113 Å². The van der Waals surface area contributed by atoms with Gasteiger partial charge in [0.2, 0.25) is 0 Å². The molecule has 0 aromatic heterocycles. The molecule has 1 unspecified atom stereocenters. The molecule has 4 nitrogen and oxygen atoms in total. The second-order valence-electron chi connectivity index (χ2n) is 5.29. The average Bonchev–Trinajstić information content (AvgIpc) is 3.16. The number of benzene rings is 1. The van der Waals surface area contributed by atoms with E-state index in [0.29, 0.717) is 5.92 Å². The number of phenolic OH excluding ortho intramolecular Hbond substituents is 1. The third kappa shape index (κ3) is 2.21. The number of nitrogens with one attached hydrogen (secondary N) is 1. The Balaban J connectivity index is 1.98. The first-order valence-corrected chi connectivity index (χ1v) is 6.91. The highest BCUT2D eigenvalue weighted by molar-refractivity contribution is 5.84. The van der Waals surface area contributed by atoms with Crippen LogP contribution in [0, 0.1) is 5.92 Å². The number of hydrogen-bond donors (Lipinski definition) is 2. The number of ether oxygens (including phenoxy) is 1. The molecule has 4 heteroatoms. The summed E-state index contributed by atoms with van der Waals surface area (Å²) in [6.07, 6.45) is 4.28.